The summed E-state index contributed by atoms with van der Waals surface area (Å²) in [6, 6.07) is 1.77. The zero-order valence-corrected chi connectivity index (χ0v) is 9.88. The first kappa shape index (κ1) is 11.8. The molecule has 1 aliphatic rings. The fourth-order valence-electron chi connectivity index (χ4n) is 2.11. The maximum atomic E-state index is 14.0. The van der Waals surface area contributed by atoms with Gasteiger partial charge in [-0.3, -0.25) is 4.98 Å². The number of hydrogen-bond donors (Lipinski definition) is 1. The Hall–Kier alpha value is -0.670. The lowest BCUT2D eigenvalue weighted by Crippen LogP contribution is -2.42. The number of alkyl halides is 1. The average Bonchev–Trinajstić information content (AvgIpc) is 2.33. The van der Waals surface area contributed by atoms with Crippen molar-refractivity contribution in [3.8, 4) is 0 Å². The molecule has 1 fully saturated rings. The number of halogens is 2. The van der Waals surface area contributed by atoms with E-state index in [1.807, 2.05) is 0 Å². The standard InChI is InChI=1S/C12H16ClFN2/c13-10-8-15-6-4-9(10)7-11(14)12-3-1-2-5-16-12/h4,6,8,11-12,16H,1-3,5,7H2. The molecule has 1 aliphatic heterocycles. The Morgan fingerprint density at radius 2 is 2.44 bits per heavy atom. The predicted octanol–water partition coefficient (Wildman–Crippen LogP) is 2.76. The van der Waals surface area contributed by atoms with Gasteiger partial charge in [0.15, 0.2) is 0 Å². The normalized spacial score (nSPS) is 23.0. The summed E-state index contributed by atoms with van der Waals surface area (Å²) >= 11 is 5.96. The highest BCUT2D eigenvalue weighted by molar-refractivity contribution is 6.31. The van der Waals surface area contributed by atoms with E-state index in [-0.39, 0.29) is 6.04 Å². The first-order valence-corrected chi connectivity index (χ1v) is 6.11. The zero-order valence-electron chi connectivity index (χ0n) is 9.13. The summed E-state index contributed by atoms with van der Waals surface area (Å²) < 4.78 is 14.0. The van der Waals surface area contributed by atoms with Crippen molar-refractivity contribution >= 4 is 11.6 Å². The molecular formula is C12H16ClFN2. The zero-order chi connectivity index (χ0) is 11.4. The maximum Gasteiger partial charge on any atom is 0.119 e. The molecule has 0 bridgehead atoms. The molecule has 1 saturated heterocycles. The van der Waals surface area contributed by atoms with Crippen LogP contribution in [-0.4, -0.2) is 23.7 Å². The minimum atomic E-state index is -0.861. The molecule has 2 atom stereocenters. The third kappa shape index (κ3) is 2.92. The van der Waals surface area contributed by atoms with Crippen molar-refractivity contribution in [2.45, 2.75) is 37.9 Å². The minimum Gasteiger partial charge on any atom is -0.311 e. The van der Waals surface area contributed by atoms with Gasteiger partial charge in [-0.1, -0.05) is 18.0 Å². The number of nitrogens with zero attached hydrogens (tertiary/aromatic N) is 1. The van der Waals surface area contributed by atoms with Gasteiger partial charge in [-0.05, 0) is 31.0 Å². The molecule has 2 nitrogen and oxygen atoms in total. The van der Waals surface area contributed by atoms with Crippen LogP contribution in [0.25, 0.3) is 0 Å². The Bertz CT molecular complexity index is 340. The van der Waals surface area contributed by atoms with E-state index in [1.54, 1.807) is 18.5 Å². The van der Waals surface area contributed by atoms with Crippen molar-refractivity contribution < 1.29 is 4.39 Å². The molecule has 0 radical (unpaired) electrons. The minimum absolute atomic E-state index is 0.0158. The van der Waals surface area contributed by atoms with Gasteiger partial charge in [0.2, 0.25) is 0 Å². The van der Waals surface area contributed by atoms with Gasteiger partial charge in [-0.2, -0.15) is 0 Å². The van der Waals surface area contributed by atoms with Gasteiger partial charge in [0.25, 0.3) is 0 Å². The van der Waals surface area contributed by atoms with Crippen LogP contribution in [0, 0.1) is 0 Å². The van der Waals surface area contributed by atoms with E-state index in [4.69, 9.17) is 11.6 Å². The Morgan fingerprint density at radius 3 is 3.12 bits per heavy atom. The molecule has 88 valence electrons. The van der Waals surface area contributed by atoms with Crippen LogP contribution >= 0.6 is 11.6 Å². The van der Waals surface area contributed by atoms with Gasteiger partial charge in [0, 0.05) is 24.9 Å². The molecule has 1 aromatic rings. The molecule has 0 spiro atoms. The van der Waals surface area contributed by atoms with Crippen LogP contribution in [0.1, 0.15) is 24.8 Å². The lowest BCUT2D eigenvalue weighted by atomic mass is 9.96. The SMILES string of the molecule is FC(Cc1ccncc1Cl)C1CCCCN1. The Kier molecular flexibility index (Phi) is 4.13. The largest absolute Gasteiger partial charge is 0.311 e. The van der Waals surface area contributed by atoms with Gasteiger partial charge in [0.1, 0.15) is 6.17 Å². The second-order valence-corrected chi connectivity index (χ2v) is 4.65. The molecule has 1 N–H and O–H groups in total. The molecule has 0 saturated carbocycles. The van der Waals surface area contributed by atoms with E-state index in [9.17, 15) is 4.39 Å². The van der Waals surface area contributed by atoms with E-state index >= 15 is 0 Å². The predicted molar refractivity (Wildman–Crippen MR) is 63.5 cm³/mol. The molecule has 16 heavy (non-hydrogen) atoms. The van der Waals surface area contributed by atoms with Crippen LogP contribution in [-0.2, 0) is 6.42 Å². The van der Waals surface area contributed by atoms with Gasteiger partial charge < -0.3 is 5.32 Å². The van der Waals surface area contributed by atoms with Crippen LogP contribution < -0.4 is 5.32 Å². The Morgan fingerprint density at radius 1 is 1.56 bits per heavy atom. The molecule has 4 heteroatoms. The quantitative estimate of drug-likeness (QED) is 0.882. The van der Waals surface area contributed by atoms with Crippen LogP contribution in [0.3, 0.4) is 0 Å². The van der Waals surface area contributed by atoms with Crippen molar-refractivity contribution in [3.63, 3.8) is 0 Å². The number of nitrogens with one attached hydrogen (secondary N) is 1. The van der Waals surface area contributed by atoms with E-state index in [1.165, 1.54) is 0 Å². The smallest absolute Gasteiger partial charge is 0.119 e. The molecule has 2 rings (SSSR count). The lowest BCUT2D eigenvalue weighted by Gasteiger charge is -2.26. The van der Waals surface area contributed by atoms with Crippen LogP contribution in [0.2, 0.25) is 5.02 Å². The summed E-state index contributed by atoms with van der Waals surface area (Å²) in [6.07, 6.45) is 5.92. The third-order valence-electron chi connectivity index (χ3n) is 3.06. The van der Waals surface area contributed by atoms with Crippen molar-refractivity contribution in [3.05, 3.63) is 29.0 Å². The maximum absolute atomic E-state index is 14.0. The van der Waals surface area contributed by atoms with Crippen molar-refractivity contribution in [1.82, 2.24) is 10.3 Å². The highest BCUT2D eigenvalue weighted by Crippen LogP contribution is 2.20. The van der Waals surface area contributed by atoms with Crippen LogP contribution in [0.4, 0.5) is 4.39 Å². The molecule has 2 heterocycles. The first-order valence-electron chi connectivity index (χ1n) is 5.73. The van der Waals surface area contributed by atoms with Gasteiger partial charge in [-0.25, -0.2) is 4.39 Å². The first-order chi connectivity index (χ1) is 7.77. The number of piperidine rings is 1. The molecule has 0 amide bonds. The molecule has 0 aliphatic carbocycles. The topological polar surface area (TPSA) is 24.9 Å². The van der Waals surface area contributed by atoms with E-state index in [2.05, 4.69) is 10.3 Å². The molecule has 1 aromatic heterocycles. The van der Waals surface area contributed by atoms with Crippen molar-refractivity contribution in [2.24, 2.45) is 0 Å². The van der Waals surface area contributed by atoms with E-state index in [0.717, 1.165) is 31.4 Å². The average molecular weight is 243 g/mol. The third-order valence-corrected chi connectivity index (χ3v) is 3.40. The Balaban J connectivity index is 1.96. The van der Waals surface area contributed by atoms with Gasteiger partial charge in [0.05, 0.1) is 5.02 Å². The van der Waals surface area contributed by atoms with Crippen LogP contribution in [0.5, 0.6) is 0 Å². The summed E-state index contributed by atoms with van der Waals surface area (Å²) in [6.45, 7) is 0.926. The molecule has 0 aromatic carbocycles. The van der Waals surface area contributed by atoms with Gasteiger partial charge >= 0.3 is 0 Å². The highest BCUT2D eigenvalue weighted by atomic mass is 35.5. The second kappa shape index (κ2) is 5.60. The summed E-state index contributed by atoms with van der Waals surface area (Å²) in [5.41, 5.74) is 0.844. The van der Waals surface area contributed by atoms with Crippen molar-refractivity contribution in [1.29, 1.82) is 0 Å². The summed E-state index contributed by atoms with van der Waals surface area (Å²) in [4.78, 5) is 3.89. The fourth-order valence-corrected chi connectivity index (χ4v) is 2.31. The van der Waals surface area contributed by atoms with E-state index in [0.29, 0.717) is 11.4 Å². The summed E-state index contributed by atoms with van der Waals surface area (Å²) in [5.74, 6) is 0. The van der Waals surface area contributed by atoms with E-state index < -0.39 is 6.17 Å². The molecule has 2 unspecified atom stereocenters. The number of rotatable bonds is 3. The Labute approximate surface area is 100 Å². The number of hydrogen-bond acceptors (Lipinski definition) is 2. The van der Waals surface area contributed by atoms with Gasteiger partial charge in [-0.15, -0.1) is 0 Å². The second-order valence-electron chi connectivity index (χ2n) is 4.24. The molecular weight excluding hydrogens is 227 g/mol. The van der Waals surface area contributed by atoms with Crippen molar-refractivity contribution in [2.75, 3.05) is 6.54 Å². The number of pyridine rings is 1. The van der Waals surface area contributed by atoms with Crippen LogP contribution in [0.15, 0.2) is 18.5 Å². The number of aromatic nitrogens is 1. The lowest BCUT2D eigenvalue weighted by molar-refractivity contribution is 0.217. The summed E-state index contributed by atoms with van der Waals surface area (Å²) in [7, 11) is 0. The monoisotopic (exact) mass is 242 g/mol. The summed E-state index contributed by atoms with van der Waals surface area (Å²) in [5, 5.41) is 3.78. The fraction of sp³-hybridized carbons (Fsp3) is 0.583. The highest BCUT2D eigenvalue weighted by Gasteiger charge is 2.23.